The molecule has 0 aliphatic heterocycles. The first-order valence-electron chi connectivity index (χ1n) is 7.14. The molecular weight excluding hydrogens is 320 g/mol. The molecule has 6 nitrogen and oxygen atoms in total. The number of hydrogen-bond donors (Lipinski definition) is 3. The lowest BCUT2D eigenvalue weighted by molar-refractivity contribution is 0.0367. The predicted octanol–water partition coefficient (Wildman–Crippen LogP) is 2.52. The van der Waals surface area contributed by atoms with Gasteiger partial charge in [0.05, 0.1) is 19.4 Å². The van der Waals surface area contributed by atoms with Crippen molar-refractivity contribution in [3.8, 4) is 5.75 Å². The third-order valence-corrected chi connectivity index (χ3v) is 3.37. The van der Waals surface area contributed by atoms with Gasteiger partial charge in [-0.3, -0.25) is 0 Å². The maximum Gasteiger partial charge on any atom is 0.315 e. The van der Waals surface area contributed by atoms with Crippen LogP contribution in [-0.4, -0.2) is 30.8 Å². The van der Waals surface area contributed by atoms with E-state index in [0.717, 1.165) is 0 Å². The first-order chi connectivity index (χ1) is 11.0. The van der Waals surface area contributed by atoms with Crippen molar-refractivity contribution >= 4 is 17.6 Å². The topological polar surface area (TPSA) is 83.7 Å². The summed E-state index contributed by atoms with van der Waals surface area (Å²) in [5, 5.41) is 16.1. The van der Waals surface area contributed by atoms with Gasteiger partial charge in [0.2, 0.25) is 0 Å². The molecule has 0 saturated heterocycles. The smallest absolute Gasteiger partial charge is 0.315 e. The fraction of sp³-hybridized carbons (Fsp3) is 0.312. The van der Waals surface area contributed by atoms with E-state index in [1.807, 2.05) is 0 Å². The van der Waals surface area contributed by atoms with Gasteiger partial charge in [0.25, 0.3) is 0 Å². The maximum atomic E-state index is 11.7. The number of halogens is 1. The first-order valence-corrected chi connectivity index (χ1v) is 7.51. The number of rotatable bonds is 7. The average molecular weight is 339 g/mol. The third kappa shape index (κ3) is 5.50. The van der Waals surface area contributed by atoms with Crippen LogP contribution in [0.5, 0.6) is 5.75 Å². The molecule has 0 fully saturated rings. The molecular formula is C16H19ClN2O4. The van der Waals surface area contributed by atoms with Gasteiger partial charge < -0.3 is 24.9 Å². The van der Waals surface area contributed by atoms with E-state index in [1.54, 1.807) is 43.3 Å². The van der Waals surface area contributed by atoms with Gasteiger partial charge in [0.15, 0.2) is 0 Å². The van der Waals surface area contributed by atoms with E-state index >= 15 is 0 Å². The Balaban J connectivity index is 1.64. The summed E-state index contributed by atoms with van der Waals surface area (Å²) < 4.78 is 10.6. The van der Waals surface area contributed by atoms with E-state index in [4.69, 9.17) is 20.8 Å². The molecule has 7 heteroatoms. The molecule has 1 atom stereocenters. The number of furan rings is 1. The highest BCUT2D eigenvalue weighted by Gasteiger charge is 2.26. The number of urea groups is 1. The summed E-state index contributed by atoms with van der Waals surface area (Å²) in [4.78, 5) is 11.7. The number of ether oxygens (including phenoxy) is 1. The summed E-state index contributed by atoms with van der Waals surface area (Å²) in [6, 6.07) is 9.90. The maximum absolute atomic E-state index is 11.7. The quantitative estimate of drug-likeness (QED) is 0.677. The molecule has 2 rings (SSSR count). The second kappa shape index (κ2) is 7.89. The van der Waals surface area contributed by atoms with Crippen molar-refractivity contribution in [1.29, 1.82) is 0 Å². The summed E-state index contributed by atoms with van der Waals surface area (Å²) in [6.07, 6.45) is 1.47. The largest absolute Gasteiger partial charge is 0.492 e. The van der Waals surface area contributed by atoms with Gasteiger partial charge in [0, 0.05) is 5.02 Å². The summed E-state index contributed by atoms with van der Waals surface area (Å²) in [5.74, 6) is 1.07. The van der Waals surface area contributed by atoms with Gasteiger partial charge in [-0.1, -0.05) is 11.6 Å². The lowest BCUT2D eigenvalue weighted by Gasteiger charge is -2.21. The third-order valence-electron chi connectivity index (χ3n) is 3.12. The van der Waals surface area contributed by atoms with Crippen LogP contribution in [0, 0.1) is 0 Å². The summed E-state index contributed by atoms with van der Waals surface area (Å²) in [7, 11) is 0. The number of nitrogens with one attached hydrogen (secondary N) is 2. The number of carbonyl (C=O) groups is 1. The minimum absolute atomic E-state index is 0.0321. The van der Waals surface area contributed by atoms with Crippen LogP contribution in [0.15, 0.2) is 47.1 Å². The van der Waals surface area contributed by atoms with E-state index in [-0.39, 0.29) is 6.54 Å². The molecule has 2 aromatic rings. The van der Waals surface area contributed by atoms with Crippen LogP contribution in [0.25, 0.3) is 0 Å². The van der Waals surface area contributed by atoms with Gasteiger partial charge in [-0.05, 0) is 43.3 Å². The number of carbonyl (C=O) groups excluding carboxylic acids is 1. The van der Waals surface area contributed by atoms with Gasteiger partial charge in [-0.15, -0.1) is 0 Å². The molecule has 124 valence electrons. The van der Waals surface area contributed by atoms with Crippen molar-refractivity contribution in [2.45, 2.75) is 12.5 Å². The summed E-state index contributed by atoms with van der Waals surface area (Å²) in [6.45, 7) is 2.25. The molecule has 3 N–H and O–H groups in total. The van der Waals surface area contributed by atoms with Crippen LogP contribution in [0.3, 0.4) is 0 Å². The molecule has 0 saturated carbocycles. The minimum atomic E-state index is -1.26. The van der Waals surface area contributed by atoms with Crippen molar-refractivity contribution in [2.24, 2.45) is 0 Å². The Morgan fingerprint density at radius 1 is 1.30 bits per heavy atom. The average Bonchev–Trinajstić information content (AvgIpc) is 3.07. The van der Waals surface area contributed by atoms with E-state index < -0.39 is 11.6 Å². The fourth-order valence-electron chi connectivity index (χ4n) is 1.85. The highest BCUT2D eigenvalue weighted by atomic mass is 35.5. The van der Waals surface area contributed by atoms with Crippen LogP contribution in [0.4, 0.5) is 4.79 Å². The highest BCUT2D eigenvalue weighted by molar-refractivity contribution is 6.30. The molecule has 0 aliphatic carbocycles. The number of aliphatic hydroxyl groups is 1. The van der Waals surface area contributed by atoms with Gasteiger partial charge in [-0.25, -0.2) is 4.79 Å². The fourth-order valence-corrected chi connectivity index (χ4v) is 1.98. The second-order valence-corrected chi connectivity index (χ2v) is 5.60. The summed E-state index contributed by atoms with van der Waals surface area (Å²) in [5.41, 5.74) is -1.26. The Morgan fingerprint density at radius 3 is 2.70 bits per heavy atom. The van der Waals surface area contributed by atoms with Crippen molar-refractivity contribution < 1.29 is 19.1 Å². The van der Waals surface area contributed by atoms with Crippen molar-refractivity contribution in [2.75, 3.05) is 19.7 Å². The standard InChI is InChI=1S/C16H19ClN2O4/c1-16(21,14-3-2-9-23-14)11-19-15(20)18-8-10-22-13-6-4-12(17)5-7-13/h2-7,9,21H,8,10-11H2,1H3,(H2,18,19,20). The molecule has 0 bridgehead atoms. The van der Waals surface area contributed by atoms with Gasteiger partial charge >= 0.3 is 6.03 Å². The zero-order chi connectivity index (χ0) is 16.7. The van der Waals surface area contributed by atoms with Crippen molar-refractivity contribution in [3.05, 3.63) is 53.4 Å². The lowest BCUT2D eigenvalue weighted by Crippen LogP contribution is -2.44. The summed E-state index contributed by atoms with van der Waals surface area (Å²) >= 11 is 5.78. The molecule has 1 heterocycles. The zero-order valence-corrected chi connectivity index (χ0v) is 13.5. The minimum Gasteiger partial charge on any atom is -0.492 e. The van der Waals surface area contributed by atoms with E-state index in [0.29, 0.717) is 29.7 Å². The Bertz CT molecular complexity index is 612. The Morgan fingerprint density at radius 2 is 2.04 bits per heavy atom. The van der Waals surface area contributed by atoms with Crippen LogP contribution in [0.2, 0.25) is 5.02 Å². The number of amides is 2. The lowest BCUT2D eigenvalue weighted by atomic mass is 10.0. The van der Waals surface area contributed by atoms with Crippen LogP contribution in [-0.2, 0) is 5.60 Å². The van der Waals surface area contributed by atoms with Crippen LogP contribution < -0.4 is 15.4 Å². The van der Waals surface area contributed by atoms with Gasteiger partial charge in [0.1, 0.15) is 23.7 Å². The predicted molar refractivity (Wildman–Crippen MR) is 86.6 cm³/mol. The van der Waals surface area contributed by atoms with Crippen LogP contribution >= 0.6 is 11.6 Å². The molecule has 0 spiro atoms. The Hall–Kier alpha value is -2.18. The second-order valence-electron chi connectivity index (χ2n) is 5.16. The number of benzene rings is 1. The number of hydrogen-bond acceptors (Lipinski definition) is 4. The van der Waals surface area contributed by atoms with Gasteiger partial charge in [-0.2, -0.15) is 0 Å². The van der Waals surface area contributed by atoms with E-state index in [1.165, 1.54) is 6.26 Å². The zero-order valence-electron chi connectivity index (χ0n) is 12.7. The Kier molecular flexibility index (Phi) is 5.90. The monoisotopic (exact) mass is 338 g/mol. The molecule has 1 aromatic heterocycles. The first kappa shape index (κ1) is 17.2. The molecule has 23 heavy (non-hydrogen) atoms. The van der Waals surface area contributed by atoms with E-state index in [2.05, 4.69) is 10.6 Å². The SMILES string of the molecule is CC(O)(CNC(=O)NCCOc1ccc(Cl)cc1)c1ccco1. The van der Waals surface area contributed by atoms with Crippen LogP contribution in [0.1, 0.15) is 12.7 Å². The van der Waals surface area contributed by atoms with Crippen molar-refractivity contribution in [3.63, 3.8) is 0 Å². The molecule has 2 amide bonds. The normalized spacial score (nSPS) is 13.2. The molecule has 1 unspecified atom stereocenters. The van der Waals surface area contributed by atoms with E-state index in [9.17, 15) is 9.90 Å². The molecule has 0 aliphatic rings. The molecule has 1 aromatic carbocycles. The van der Waals surface area contributed by atoms with Crippen molar-refractivity contribution in [1.82, 2.24) is 10.6 Å². The molecule has 0 radical (unpaired) electrons. The highest BCUT2D eigenvalue weighted by Crippen LogP contribution is 2.19. The Labute approximate surface area is 139 Å².